The zero-order chi connectivity index (χ0) is 24.9. The molecule has 10 nitrogen and oxygen atoms in total. The molecule has 14 heteroatoms. The average Bonchev–Trinajstić information content (AvgIpc) is 3.33. The highest BCUT2D eigenvalue weighted by atomic mass is 19.4. The van der Waals surface area contributed by atoms with Gasteiger partial charge in [-0.15, -0.1) is 0 Å². The predicted molar refractivity (Wildman–Crippen MR) is 110 cm³/mol. The Balaban J connectivity index is 0.000000479. The second-order valence-electron chi connectivity index (χ2n) is 7.24. The number of anilines is 1. The lowest BCUT2D eigenvalue weighted by molar-refractivity contribution is -0.192. The minimum Gasteiger partial charge on any atom is -0.475 e. The number of nitrogens with zero attached hydrogens (tertiary/aromatic N) is 3. The second-order valence-corrected chi connectivity index (χ2v) is 7.24. The Bertz CT molecular complexity index is 1080. The van der Waals surface area contributed by atoms with Crippen LogP contribution in [0.25, 0.3) is 22.1 Å². The third kappa shape index (κ3) is 6.38. The highest BCUT2D eigenvalue weighted by Crippen LogP contribution is 2.34. The first-order chi connectivity index (χ1) is 15.4. The first-order valence-corrected chi connectivity index (χ1v) is 9.62. The third-order valence-corrected chi connectivity index (χ3v) is 4.88. The van der Waals surface area contributed by atoms with Gasteiger partial charge in [-0.3, -0.25) is 10.1 Å². The van der Waals surface area contributed by atoms with Crippen molar-refractivity contribution in [3.8, 4) is 11.1 Å². The molecule has 0 aliphatic carbocycles. The van der Waals surface area contributed by atoms with Crippen molar-refractivity contribution in [3.05, 3.63) is 23.8 Å². The number of hydrogen-bond donors (Lipinski definition) is 4. The maximum absolute atomic E-state index is 14.6. The largest absolute Gasteiger partial charge is 0.490 e. The van der Waals surface area contributed by atoms with E-state index in [0.717, 1.165) is 11.3 Å². The molecule has 182 valence electrons. The molecule has 0 radical (unpaired) electrons. The molecule has 0 aliphatic rings. The number of nitrogens with one attached hydrogen (secondary N) is 1. The van der Waals surface area contributed by atoms with E-state index in [4.69, 9.17) is 30.6 Å². The molecule has 0 saturated carbocycles. The highest BCUT2D eigenvalue weighted by molar-refractivity contribution is 5.98. The molecule has 0 aromatic carbocycles. The van der Waals surface area contributed by atoms with Crippen LogP contribution in [0.15, 0.2) is 16.9 Å². The number of nitrogen functional groups attached to an aromatic ring is 1. The van der Waals surface area contributed by atoms with Gasteiger partial charge in [-0.05, 0) is 20.3 Å². The lowest BCUT2D eigenvalue weighted by atomic mass is 10.00. The van der Waals surface area contributed by atoms with Crippen LogP contribution in [-0.4, -0.2) is 63.0 Å². The van der Waals surface area contributed by atoms with E-state index >= 15 is 0 Å². The maximum atomic E-state index is 14.6. The molecule has 0 fully saturated rings. The van der Waals surface area contributed by atoms with Crippen molar-refractivity contribution in [1.82, 2.24) is 20.3 Å². The minimum absolute atomic E-state index is 0.0662. The van der Waals surface area contributed by atoms with Crippen LogP contribution >= 0.6 is 0 Å². The van der Waals surface area contributed by atoms with Gasteiger partial charge in [0.15, 0.2) is 11.4 Å². The molecule has 3 unspecified atom stereocenters. The van der Waals surface area contributed by atoms with E-state index in [1.165, 1.54) is 0 Å². The van der Waals surface area contributed by atoms with Gasteiger partial charge in [0, 0.05) is 42.6 Å². The van der Waals surface area contributed by atoms with Crippen LogP contribution in [0.3, 0.4) is 0 Å². The Hall–Kier alpha value is -3.26. The Kier molecular flexibility index (Phi) is 8.33. The van der Waals surface area contributed by atoms with Gasteiger partial charge in [-0.25, -0.2) is 9.18 Å². The van der Waals surface area contributed by atoms with E-state index in [1.54, 1.807) is 19.5 Å². The van der Waals surface area contributed by atoms with Crippen molar-refractivity contribution in [2.24, 2.45) is 5.73 Å². The fourth-order valence-electron chi connectivity index (χ4n) is 2.95. The number of methoxy groups -OCH3 is 1. The number of aromatic nitrogens is 4. The maximum Gasteiger partial charge on any atom is 0.490 e. The standard InChI is InChI=1S/C17H23FN6O2.C2HF3O2/c1-8-11(7-22-23-8)12-6-21-14(15-16(12)26-24-17(15)20)5-10(18)4-13(19)9(2)25-3;3-2(4,5)1(6)7/h6-7,9-10,13H,4-5,19H2,1-3H3,(H2,20,24)(H,22,23);(H,6,7). The highest BCUT2D eigenvalue weighted by Gasteiger charge is 2.38. The zero-order valence-electron chi connectivity index (χ0n) is 18.0. The number of carboxylic acids is 1. The minimum atomic E-state index is -5.08. The fourth-order valence-corrected chi connectivity index (χ4v) is 2.95. The second kappa shape index (κ2) is 10.6. The number of carboxylic acid groups (broad SMARTS) is 1. The normalized spacial score (nSPS) is 14.4. The summed E-state index contributed by atoms with van der Waals surface area (Å²) in [7, 11) is 1.55. The quantitative estimate of drug-likeness (QED) is 0.375. The van der Waals surface area contributed by atoms with E-state index in [2.05, 4.69) is 20.3 Å². The molecule has 3 aromatic rings. The number of carbonyl (C=O) groups is 1. The van der Waals surface area contributed by atoms with Crippen molar-refractivity contribution in [1.29, 1.82) is 0 Å². The summed E-state index contributed by atoms with van der Waals surface area (Å²) in [6, 6.07) is -0.404. The summed E-state index contributed by atoms with van der Waals surface area (Å²) in [6.45, 7) is 3.70. The number of nitrogens with two attached hydrogens (primary N) is 2. The lowest BCUT2D eigenvalue weighted by Gasteiger charge is -2.20. The summed E-state index contributed by atoms with van der Waals surface area (Å²) < 4.78 is 56.8. The van der Waals surface area contributed by atoms with Crippen LogP contribution in [0, 0.1) is 6.92 Å². The summed E-state index contributed by atoms with van der Waals surface area (Å²) in [6.07, 6.45) is -2.97. The number of aliphatic carboxylic acids is 1. The molecule has 3 aromatic heterocycles. The van der Waals surface area contributed by atoms with E-state index in [0.29, 0.717) is 22.2 Å². The first-order valence-electron chi connectivity index (χ1n) is 9.62. The van der Waals surface area contributed by atoms with Gasteiger partial charge in [0.25, 0.3) is 0 Å². The number of alkyl halides is 4. The van der Waals surface area contributed by atoms with Crippen molar-refractivity contribution in [2.45, 2.75) is 51.2 Å². The smallest absolute Gasteiger partial charge is 0.475 e. The molecule has 33 heavy (non-hydrogen) atoms. The number of H-pyrrole nitrogens is 1. The lowest BCUT2D eigenvalue weighted by Crippen LogP contribution is -2.36. The summed E-state index contributed by atoms with van der Waals surface area (Å²) in [5, 5.41) is 18.4. The number of aryl methyl sites for hydroxylation is 1. The van der Waals surface area contributed by atoms with Gasteiger partial charge < -0.3 is 25.8 Å². The fraction of sp³-hybridized carbons (Fsp3) is 0.474. The number of ether oxygens (including phenoxy) is 1. The monoisotopic (exact) mass is 476 g/mol. The first kappa shape index (κ1) is 26.0. The van der Waals surface area contributed by atoms with Crippen molar-refractivity contribution >= 4 is 22.8 Å². The van der Waals surface area contributed by atoms with Crippen LogP contribution in [0.1, 0.15) is 24.7 Å². The Morgan fingerprint density at radius 2 is 1.97 bits per heavy atom. The van der Waals surface area contributed by atoms with Gasteiger partial charge >= 0.3 is 12.1 Å². The number of fused-ring (bicyclic) bond motifs is 1. The van der Waals surface area contributed by atoms with E-state index in [1.807, 2.05) is 13.8 Å². The molecule has 0 bridgehead atoms. The number of halogens is 4. The topological polar surface area (TPSA) is 166 Å². The van der Waals surface area contributed by atoms with Gasteiger partial charge in [-0.2, -0.15) is 18.3 Å². The molecule has 0 spiro atoms. The van der Waals surface area contributed by atoms with Crippen LogP contribution in [0.5, 0.6) is 0 Å². The van der Waals surface area contributed by atoms with Crippen molar-refractivity contribution < 1.29 is 36.7 Å². The molecule has 3 atom stereocenters. The molecule has 6 N–H and O–H groups in total. The summed E-state index contributed by atoms with van der Waals surface area (Å²) >= 11 is 0. The Morgan fingerprint density at radius 3 is 2.48 bits per heavy atom. The molecule has 3 rings (SSSR count). The van der Waals surface area contributed by atoms with E-state index in [-0.39, 0.29) is 24.8 Å². The molecule has 0 saturated heterocycles. The van der Waals surface area contributed by atoms with Crippen molar-refractivity contribution in [3.63, 3.8) is 0 Å². The number of pyridine rings is 1. The number of hydrogen-bond acceptors (Lipinski definition) is 8. The molecule has 3 heterocycles. The number of aromatic amines is 1. The zero-order valence-corrected chi connectivity index (χ0v) is 18.0. The Morgan fingerprint density at radius 1 is 1.33 bits per heavy atom. The van der Waals surface area contributed by atoms with Gasteiger partial charge in [0.05, 0.1) is 23.4 Å². The van der Waals surface area contributed by atoms with Gasteiger partial charge in [0.2, 0.25) is 0 Å². The SMILES string of the molecule is COC(C)C(N)CC(F)Cc1ncc(-c2cn[nH]c2C)c2onc(N)c12.O=C(O)C(F)(F)F. The van der Waals surface area contributed by atoms with Crippen LogP contribution < -0.4 is 11.5 Å². The molecular weight excluding hydrogens is 452 g/mol. The van der Waals surface area contributed by atoms with Crippen LogP contribution in [0.2, 0.25) is 0 Å². The number of rotatable bonds is 7. The predicted octanol–water partition coefficient (Wildman–Crippen LogP) is 2.77. The molecular formula is C19H24F4N6O4. The van der Waals surface area contributed by atoms with Crippen molar-refractivity contribution in [2.75, 3.05) is 12.8 Å². The third-order valence-electron chi connectivity index (χ3n) is 4.88. The van der Waals surface area contributed by atoms with Gasteiger partial charge in [-0.1, -0.05) is 5.16 Å². The summed E-state index contributed by atoms with van der Waals surface area (Å²) in [5.41, 5.74) is 15.3. The molecule has 0 amide bonds. The summed E-state index contributed by atoms with van der Waals surface area (Å²) in [4.78, 5) is 13.3. The average molecular weight is 476 g/mol. The van der Waals surface area contributed by atoms with Crippen LogP contribution in [0.4, 0.5) is 23.4 Å². The van der Waals surface area contributed by atoms with E-state index in [9.17, 15) is 17.6 Å². The van der Waals surface area contributed by atoms with Crippen LogP contribution in [-0.2, 0) is 16.0 Å². The molecule has 0 aliphatic heterocycles. The summed E-state index contributed by atoms with van der Waals surface area (Å²) in [5.74, 6) is -2.57. The Labute approximate surface area is 185 Å². The van der Waals surface area contributed by atoms with Gasteiger partial charge in [0.1, 0.15) is 6.17 Å². The van der Waals surface area contributed by atoms with E-state index < -0.39 is 24.4 Å².